The first kappa shape index (κ1) is 19.0. The molecule has 1 aliphatic carbocycles. The van der Waals surface area contributed by atoms with Crippen molar-refractivity contribution < 1.29 is 19.4 Å². The van der Waals surface area contributed by atoms with Gasteiger partial charge in [-0.25, -0.2) is 14.6 Å². The van der Waals surface area contributed by atoms with Gasteiger partial charge in [0.1, 0.15) is 11.4 Å². The first-order valence-corrected chi connectivity index (χ1v) is 8.55. The van der Waals surface area contributed by atoms with Crippen LogP contribution in [0.2, 0.25) is 0 Å². The molecule has 1 aliphatic rings. The van der Waals surface area contributed by atoms with Crippen molar-refractivity contribution in [3.8, 4) is 0 Å². The van der Waals surface area contributed by atoms with Crippen LogP contribution in [0, 0.1) is 5.92 Å². The molecule has 0 radical (unpaired) electrons. The smallest absolute Gasteiger partial charge is 0.415 e. The highest BCUT2D eigenvalue weighted by atomic mass is 16.6. The number of carbonyl (C=O) groups is 2. The summed E-state index contributed by atoms with van der Waals surface area (Å²) in [6.45, 7) is 5.38. The second-order valence-electron chi connectivity index (χ2n) is 7.37. The van der Waals surface area contributed by atoms with Crippen molar-refractivity contribution >= 4 is 23.5 Å². The lowest BCUT2D eigenvalue weighted by Crippen LogP contribution is -2.34. The third-order valence-corrected chi connectivity index (χ3v) is 4.10. The Morgan fingerprint density at radius 1 is 1.28 bits per heavy atom. The van der Waals surface area contributed by atoms with Crippen LogP contribution in [-0.4, -0.2) is 34.8 Å². The van der Waals surface area contributed by atoms with E-state index in [4.69, 9.17) is 4.74 Å². The number of amides is 1. The summed E-state index contributed by atoms with van der Waals surface area (Å²) in [6.07, 6.45) is 7.17. The number of carbonyl (C=O) groups excluding carboxylic acids is 1. The monoisotopic (exact) mass is 346 g/mol. The van der Waals surface area contributed by atoms with Crippen molar-refractivity contribution in [2.24, 2.45) is 5.92 Å². The highest BCUT2D eigenvalue weighted by Crippen LogP contribution is 2.29. The number of hydrogen-bond donors (Lipinski definition) is 1. The summed E-state index contributed by atoms with van der Waals surface area (Å²) in [5.74, 6) is -0.235. The van der Waals surface area contributed by atoms with E-state index in [1.807, 2.05) is 6.08 Å². The Bertz CT molecular complexity index is 653. The molecule has 0 spiro atoms. The number of carboxylic acids is 1. The van der Waals surface area contributed by atoms with Crippen molar-refractivity contribution in [2.75, 3.05) is 11.9 Å². The number of aliphatic carboxylic acids is 1. The molecule has 0 saturated heterocycles. The molecule has 0 atom stereocenters. The summed E-state index contributed by atoms with van der Waals surface area (Å²) in [6, 6.07) is 3.31. The molecule has 1 amide bonds. The van der Waals surface area contributed by atoms with Crippen LogP contribution < -0.4 is 4.90 Å². The van der Waals surface area contributed by atoms with E-state index in [1.54, 1.807) is 40.0 Å². The maximum atomic E-state index is 12.1. The van der Waals surface area contributed by atoms with E-state index in [0.717, 1.165) is 25.7 Å². The van der Waals surface area contributed by atoms with Gasteiger partial charge in [-0.3, -0.25) is 4.90 Å². The fourth-order valence-corrected chi connectivity index (χ4v) is 2.82. The molecule has 0 bridgehead atoms. The Balaban J connectivity index is 2.17. The number of ether oxygens (including phenoxy) is 1. The summed E-state index contributed by atoms with van der Waals surface area (Å²) in [7, 11) is 1.57. The lowest BCUT2D eigenvalue weighted by Gasteiger charge is -2.24. The van der Waals surface area contributed by atoms with Crippen LogP contribution in [0.15, 0.2) is 24.4 Å². The summed E-state index contributed by atoms with van der Waals surface area (Å²) < 4.78 is 5.30. The van der Waals surface area contributed by atoms with Crippen LogP contribution in [0.25, 0.3) is 5.57 Å². The van der Waals surface area contributed by atoms with Gasteiger partial charge in [-0.05, 0) is 51.7 Å². The van der Waals surface area contributed by atoms with E-state index in [9.17, 15) is 14.7 Å². The highest BCUT2D eigenvalue weighted by molar-refractivity contribution is 6.15. The van der Waals surface area contributed by atoms with Gasteiger partial charge in [0.05, 0.1) is 5.57 Å². The molecule has 0 aromatic carbocycles. The molecule has 0 unspecified atom stereocenters. The van der Waals surface area contributed by atoms with Gasteiger partial charge in [-0.1, -0.05) is 18.9 Å². The van der Waals surface area contributed by atoms with Gasteiger partial charge < -0.3 is 9.84 Å². The van der Waals surface area contributed by atoms with E-state index in [2.05, 4.69) is 4.98 Å². The SMILES string of the molecule is CN(C(=O)OC(C)(C)C)c1ccc(/C(=C\C2CCCC2)C(=O)O)cn1. The number of anilines is 1. The Morgan fingerprint density at radius 3 is 2.40 bits per heavy atom. The first-order chi connectivity index (χ1) is 11.7. The van der Waals surface area contributed by atoms with Crippen molar-refractivity contribution in [1.82, 2.24) is 4.98 Å². The minimum Gasteiger partial charge on any atom is -0.478 e. The summed E-state index contributed by atoms with van der Waals surface area (Å²) in [4.78, 5) is 29.2. The van der Waals surface area contributed by atoms with Gasteiger partial charge in [0.2, 0.25) is 0 Å². The van der Waals surface area contributed by atoms with Gasteiger partial charge in [0.25, 0.3) is 0 Å². The number of rotatable bonds is 4. The number of nitrogens with zero attached hydrogens (tertiary/aromatic N) is 2. The summed E-state index contributed by atoms with van der Waals surface area (Å²) in [5, 5.41) is 9.50. The molecule has 6 nitrogen and oxygen atoms in total. The van der Waals surface area contributed by atoms with Crippen LogP contribution in [-0.2, 0) is 9.53 Å². The van der Waals surface area contributed by atoms with Gasteiger partial charge in [-0.2, -0.15) is 0 Å². The molecule has 1 aromatic rings. The normalized spacial score (nSPS) is 15.9. The quantitative estimate of drug-likeness (QED) is 0.830. The predicted octanol–water partition coefficient (Wildman–Crippen LogP) is 4.11. The van der Waals surface area contributed by atoms with Gasteiger partial charge in [0.15, 0.2) is 0 Å². The van der Waals surface area contributed by atoms with E-state index in [-0.39, 0.29) is 5.57 Å². The molecule has 1 N–H and O–H groups in total. The van der Waals surface area contributed by atoms with E-state index in [1.165, 1.54) is 11.1 Å². The van der Waals surface area contributed by atoms with Crippen LogP contribution in [0.3, 0.4) is 0 Å². The Hall–Kier alpha value is -2.37. The molecular formula is C19H26N2O4. The average Bonchev–Trinajstić information content (AvgIpc) is 3.03. The predicted molar refractivity (Wildman–Crippen MR) is 96.4 cm³/mol. The second kappa shape index (κ2) is 7.68. The molecule has 1 saturated carbocycles. The summed E-state index contributed by atoms with van der Waals surface area (Å²) >= 11 is 0. The van der Waals surface area contributed by atoms with Crippen LogP contribution in [0.5, 0.6) is 0 Å². The number of hydrogen-bond acceptors (Lipinski definition) is 4. The van der Waals surface area contributed by atoms with Crippen LogP contribution >= 0.6 is 0 Å². The maximum absolute atomic E-state index is 12.1. The number of carboxylic acid groups (broad SMARTS) is 1. The van der Waals surface area contributed by atoms with Crippen molar-refractivity contribution in [1.29, 1.82) is 0 Å². The van der Waals surface area contributed by atoms with E-state index in [0.29, 0.717) is 17.3 Å². The lowest BCUT2D eigenvalue weighted by atomic mass is 10.00. The van der Waals surface area contributed by atoms with Crippen molar-refractivity contribution in [3.63, 3.8) is 0 Å². The fourth-order valence-electron chi connectivity index (χ4n) is 2.82. The number of pyridine rings is 1. The zero-order chi connectivity index (χ0) is 18.6. The zero-order valence-electron chi connectivity index (χ0n) is 15.3. The van der Waals surface area contributed by atoms with Crippen LogP contribution in [0.4, 0.5) is 10.6 Å². The topological polar surface area (TPSA) is 79.7 Å². The Labute approximate surface area is 148 Å². The van der Waals surface area contributed by atoms with Crippen molar-refractivity contribution in [3.05, 3.63) is 30.0 Å². The maximum Gasteiger partial charge on any atom is 0.415 e. The van der Waals surface area contributed by atoms with Gasteiger partial charge in [-0.15, -0.1) is 0 Å². The molecule has 1 heterocycles. The van der Waals surface area contributed by atoms with Crippen molar-refractivity contribution in [2.45, 2.75) is 52.1 Å². The molecule has 1 aromatic heterocycles. The molecule has 25 heavy (non-hydrogen) atoms. The average molecular weight is 346 g/mol. The molecule has 0 aliphatic heterocycles. The third-order valence-electron chi connectivity index (χ3n) is 4.10. The molecule has 136 valence electrons. The third kappa shape index (κ3) is 5.31. The first-order valence-electron chi connectivity index (χ1n) is 8.55. The van der Waals surface area contributed by atoms with E-state index < -0.39 is 17.7 Å². The van der Waals surface area contributed by atoms with Gasteiger partial charge in [0, 0.05) is 18.8 Å². The molecule has 1 fully saturated rings. The summed E-state index contributed by atoms with van der Waals surface area (Å²) in [5.41, 5.74) is 0.220. The Morgan fingerprint density at radius 2 is 1.92 bits per heavy atom. The highest BCUT2D eigenvalue weighted by Gasteiger charge is 2.22. The zero-order valence-corrected chi connectivity index (χ0v) is 15.3. The second-order valence-corrected chi connectivity index (χ2v) is 7.37. The molecule has 2 rings (SSSR count). The standard InChI is InChI=1S/C19H26N2O4/c1-19(2,3)25-18(24)21(4)16-10-9-14(12-20-16)15(17(22)23)11-13-7-5-6-8-13/h9-13H,5-8H2,1-4H3,(H,22,23)/b15-11+. The van der Waals surface area contributed by atoms with Crippen LogP contribution in [0.1, 0.15) is 52.0 Å². The molecule has 6 heteroatoms. The fraction of sp³-hybridized carbons (Fsp3) is 0.526. The van der Waals surface area contributed by atoms with Gasteiger partial charge >= 0.3 is 12.1 Å². The largest absolute Gasteiger partial charge is 0.478 e. The molecular weight excluding hydrogens is 320 g/mol. The Kier molecular flexibility index (Phi) is 5.82. The minimum atomic E-state index is -0.957. The minimum absolute atomic E-state index is 0.269. The number of aromatic nitrogens is 1. The number of allylic oxidation sites excluding steroid dienone is 1. The van der Waals surface area contributed by atoms with E-state index >= 15 is 0 Å². The lowest BCUT2D eigenvalue weighted by molar-refractivity contribution is -0.130.